The van der Waals surface area contributed by atoms with Gasteiger partial charge < -0.3 is 9.47 Å². The molecule has 7 heteroatoms. The number of hydrogen-bond acceptors (Lipinski definition) is 5. The van der Waals surface area contributed by atoms with Crippen LogP contribution in [0.2, 0.25) is 5.02 Å². The van der Waals surface area contributed by atoms with Crippen molar-refractivity contribution >= 4 is 29.2 Å². The third-order valence-electron chi connectivity index (χ3n) is 4.01. The van der Waals surface area contributed by atoms with Gasteiger partial charge in [-0.1, -0.05) is 17.7 Å². The lowest BCUT2D eigenvalue weighted by Gasteiger charge is -2.39. The van der Waals surface area contributed by atoms with E-state index in [1.54, 1.807) is 37.3 Å². The van der Waals surface area contributed by atoms with Crippen LogP contribution in [0.5, 0.6) is 0 Å². The third kappa shape index (κ3) is 1.64. The quantitative estimate of drug-likeness (QED) is 0.752. The van der Waals surface area contributed by atoms with E-state index in [4.69, 9.17) is 21.1 Å². The molecule has 1 atom stereocenters. The van der Waals surface area contributed by atoms with E-state index in [1.807, 2.05) is 0 Å². The molecular formula is C16H11ClN2O4. The number of carbonyl (C=O) groups is 2. The van der Waals surface area contributed by atoms with E-state index in [1.165, 1.54) is 12.0 Å². The number of benzene rings is 1. The molecule has 1 aromatic carbocycles. The van der Waals surface area contributed by atoms with Crippen molar-refractivity contribution in [3.63, 3.8) is 0 Å². The van der Waals surface area contributed by atoms with Gasteiger partial charge in [-0.25, -0.2) is 14.7 Å². The number of halogens is 1. The zero-order valence-corrected chi connectivity index (χ0v) is 13.0. The molecule has 0 fully saturated rings. The molecule has 116 valence electrons. The molecule has 1 unspecified atom stereocenters. The highest BCUT2D eigenvalue weighted by atomic mass is 35.5. The highest BCUT2D eigenvalue weighted by Gasteiger charge is 2.60. The van der Waals surface area contributed by atoms with Gasteiger partial charge in [0.05, 0.1) is 16.3 Å². The minimum Gasteiger partial charge on any atom is -0.404 e. The molecule has 0 saturated carbocycles. The predicted molar refractivity (Wildman–Crippen MR) is 81.3 cm³/mol. The van der Waals surface area contributed by atoms with E-state index < -0.39 is 11.9 Å². The Morgan fingerprint density at radius 1 is 1.26 bits per heavy atom. The van der Waals surface area contributed by atoms with Crippen molar-refractivity contribution in [3.05, 3.63) is 57.9 Å². The van der Waals surface area contributed by atoms with Crippen LogP contribution in [0, 0.1) is 6.92 Å². The lowest BCUT2D eigenvalue weighted by Crippen LogP contribution is -2.52. The van der Waals surface area contributed by atoms with Crippen molar-refractivity contribution in [2.45, 2.75) is 12.8 Å². The normalized spacial score (nSPS) is 21.6. The summed E-state index contributed by atoms with van der Waals surface area (Å²) in [7, 11) is 1.36. The maximum Gasteiger partial charge on any atom is 0.351 e. The summed E-state index contributed by atoms with van der Waals surface area (Å²) in [5.41, 5.74) is 1.76. The summed E-state index contributed by atoms with van der Waals surface area (Å²) < 4.78 is 11.0. The zero-order valence-electron chi connectivity index (χ0n) is 12.3. The average molecular weight is 331 g/mol. The smallest absolute Gasteiger partial charge is 0.351 e. The Bertz CT molecular complexity index is 882. The maximum absolute atomic E-state index is 12.9. The maximum atomic E-state index is 12.9. The van der Waals surface area contributed by atoms with Gasteiger partial charge in [-0.15, -0.1) is 0 Å². The van der Waals surface area contributed by atoms with Crippen molar-refractivity contribution in [3.8, 4) is 0 Å². The summed E-state index contributed by atoms with van der Waals surface area (Å²) >= 11 is 6.11. The van der Waals surface area contributed by atoms with Crippen molar-refractivity contribution in [2.24, 2.45) is 0 Å². The molecule has 0 aliphatic carbocycles. The molecule has 0 saturated heterocycles. The van der Waals surface area contributed by atoms with Gasteiger partial charge in [0.25, 0.3) is 5.91 Å². The molecule has 23 heavy (non-hydrogen) atoms. The molecule has 0 spiro atoms. The van der Waals surface area contributed by atoms with Gasteiger partial charge in [0.15, 0.2) is 0 Å². The Morgan fingerprint density at radius 2 is 2.04 bits per heavy atom. The number of nitrogens with zero attached hydrogens (tertiary/aromatic N) is 2. The van der Waals surface area contributed by atoms with Crippen LogP contribution < -0.4 is 4.90 Å². The predicted octanol–water partition coefficient (Wildman–Crippen LogP) is 2.63. The fraction of sp³-hybridized carbons (Fsp3) is 0.188. The van der Waals surface area contributed by atoms with Crippen LogP contribution in [0.1, 0.15) is 32.1 Å². The van der Waals surface area contributed by atoms with Crippen LogP contribution >= 0.6 is 11.6 Å². The van der Waals surface area contributed by atoms with Gasteiger partial charge in [0.2, 0.25) is 0 Å². The van der Waals surface area contributed by atoms with Crippen molar-refractivity contribution in [2.75, 3.05) is 12.0 Å². The molecule has 0 N–H and O–H groups in total. The van der Waals surface area contributed by atoms with E-state index in [2.05, 4.69) is 4.98 Å². The van der Waals surface area contributed by atoms with E-state index in [9.17, 15) is 9.59 Å². The number of ether oxygens (including phenoxy) is 2. The minimum atomic E-state index is -1.70. The summed E-state index contributed by atoms with van der Waals surface area (Å²) in [5.74, 6) is -2.72. The number of esters is 1. The topological polar surface area (TPSA) is 68.7 Å². The van der Waals surface area contributed by atoms with Crippen LogP contribution in [0.3, 0.4) is 0 Å². The van der Waals surface area contributed by atoms with Gasteiger partial charge in [0, 0.05) is 12.8 Å². The Morgan fingerprint density at radius 3 is 2.78 bits per heavy atom. The first-order valence-electron chi connectivity index (χ1n) is 6.89. The van der Waals surface area contributed by atoms with Crippen LogP contribution in [-0.4, -0.2) is 24.0 Å². The first-order valence-corrected chi connectivity index (χ1v) is 7.27. The molecule has 6 nitrogen and oxygen atoms in total. The highest BCUT2D eigenvalue weighted by Crippen LogP contribution is 2.48. The van der Waals surface area contributed by atoms with Gasteiger partial charge in [0.1, 0.15) is 11.3 Å². The van der Waals surface area contributed by atoms with Crippen molar-refractivity contribution < 1.29 is 19.1 Å². The number of hydrogen-bond donors (Lipinski definition) is 0. The lowest BCUT2D eigenvalue weighted by atomic mass is 10.1. The van der Waals surface area contributed by atoms with E-state index in [0.717, 1.165) is 0 Å². The fourth-order valence-electron chi connectivity index (χ4n) is 3.00. The molecule has 2 aliphatic heterocycles. The SMILES string of the molecule is COC12OC(=O)c3c(Cl)cccc3N1C(=O)c1ccc(C)nc12. The summed E-state index contributed by atoms with van der Waals surface area (Å²) in [6, 6.07) is 8.23. The second-order valence-corrected chi connectivity index (χ2v) is 5.71. The van der Waals surface area contributed by atoms with E-state index >= 15 is 0 Å². The monoisotopic (exact) mass is 330 g/mol. The third-order valence-corrected chi connectivity index (χ3v) is 4.32. The number of fused-ring (bicyclic) bond motifs is 5. The largest absolute Gasteiger partial charge is 0.404 e. The number of methoxy groups -OCH3 is 1. The molecule has 0 bridgehead atoms. The van der Waals surface area contributed by atoms with Crippen molar-refractivity contribution in [1.82, 2.24) is 4.98 Å². The number of rotatable bonds is 1. The summed E-state index contributed by atoms with van der Waals surface area (Å²) in [6.45, 7) is 1.78. The van der Waals surface area contributed by atoms with Crippen LogP contribution in [0.25, 0.3) is 0 Å². The summed E-state index contributed by atoms with van der Waals surface area (Å²) in [6.07, 6.45) is 0. The van der Waals surface area contributed by atoms with Gasteiger partial charge in [-0.3, -0.25) is 4.79 Å². The number of amides is 1. The van der Waals surface area contributed by atoms with Gasteiger partial charge in [-0.2, -0.15) is 0 Å². The molecule has 2 aliphatic rings. The Labute approximate surface area is 136 Å². The summed E-state index contributed by atoms with van der Waals surface area (Å²) in [4.78, 5) is 31.0. The number of pyridine rings is 1. The number of aryl methyl sites for hydroxylation is 1. The second-order valence-electron chi connectivity index (χ2n) is 5.30. The van der Waals surface area contributed by atoms with Gasteiger partial charge >= 0.3 is 11.9 Å². The standard InChI is InChI=1S/C16H11ClN2O4/c1-8-6-7-9-13(18-8)16(22-2)19(14(9)20)11-5-3-4-10(17)12(11)15(21)23-16/h3-7H,1-2H3. The van der Waals surface area contributed by atoms with E-state index in [-0.39, 0.29) is 22.2 Å². The molecule has 1 aromatic heterocycles. The number of carbonyl (C=O) groups excluding carboxylic acids is 2. The first-order chi connectivity index (χ1) is 11.0. The minimum absolute atomic E-state index is 0.139. The van der Waals surface area contributed by atoms with E-state index in [0.29, 0.717) is 16.9 Å². The van der Waals surface area contributed by atoms with Crippen LogP contribution in [0.4, 0.5) is 5.69 Å². The molecule has 1 amide bonds. The molecule has 2 aromatic rings. The zero-order chi connectivity index (χ0) is 16.4. The number of anilines is 1. The second kappa shape index (κ2) is 4.53. The van der Waals surface area contributed by atoms with Gasteiger partial charge in [-0.05, 0) is 31.2 Å². The Hall–Kier alpha value is -2.44. The molecule has 3 heterocycles. The Balaban J connectivity index is 2.06. The van der Waals surface area contributed by atoms with Crippen LogP contribution in [0.15, 0.2) is 30.3 Å². The first kappa shape index (κ1) is 14.2. The molecular weight excluding hydrogens is 320 g/mol. The molecule has 4 rings (SSSR count). The Kier molecular flexibility index (Phi) is 2.79. The van der Waals surface area contributed by atoms with Crippen LogP contribution in [-0.2, 0) is 15.4 Å². The van der Waals surface area contributed by atoms with Crippen molar-refractivity contribution in [1.29, 1.82) is 0 Å². The lowest BCUT2D eigenvalue weighted by molar-refractivity contribution is -0.192. The number of aromatic nitrogens is 1. The molecule has 0 radical (unpaired) electrons. The average Bonchev–Trinajstić information content (AvgIpc) is 2.77. The highest BCUT2D eigenvalue weighted by molar-refractivity contribution is 6.35. The summed E-state index contributed by atoms with van der Waals surface area (Å²) in [5, 5.41) is 0.213. The fourth-order valence-corrected chi connectivity index (χ4v) is 3.25.